The van der Waals surface area contributed by atoms with E-state index in [9.17, 15) is 0 Å². The third kappa shape index (κ3) is 4.54. The maximum absolute atomic E-state index is 7.60. The standard InChI is InChI=1S/C10H17N/c1-5-6-7-8-9(11)10(2,3)4/h5-8,11H,1-4H3. The molecule has 0 radical (unpaired) electrons. The summed E-state index contributed by atoms with van der Waals surface area (Å²) >= 11 is 0. The Balaban J connectivity index is 4.08. The largest absolute Gasteiger partial charge is 0.305 e. The van der Waals surface area contributed by atoms with Gasteiger partial charge in [0.1, 0.15) is 0 Å². The molecule has 0 atom stereocenters. The second-order valence-corrected chi connectivity index (χ2v) is 3.55. The molecule has 62 valence electrons. The van der Waals surface area contributed by atoms with Crippen LogP contribution in [0.15, 0.2) is 24.3 Å². The minimum absolute atomic E-state index is 0.0297. The number of rotatable bonds is 2. The van der Waals surface area contributed by atoms with Gasteiger partial charge in [-0.05, 0) is 13.0 Å². The zero-order valence-corrected chi connectivity index (χ0v) is 7.81. The quantitative estimate of drug-likeness (QED) is 0.463. The summed E-state index contributed by atoms with van der Waals surface area (Å²) in [6.45, 7) is 8.07. The van der Waals surface area contributed by atoms with Crippen molar-refractivity contribution in [3.63, 3.8) is 0 Å². The second-order valence-electron chi connectivity index (χ2n) is 3.55. The van der Waals surface area contributed by atoms with Crippen LogP contribution in [0.1, 0.15) is 27.7 Å². The molecule has 0 saturated heterocycles. The molecule has 0 saturated carbocycles. The highest BCUT2D eigenvalue weighted by molar-refractivity contribution is 5.96. The normalized spacial score (nSPS) is 13.1. The van der Waals surface area contributed by atoms with Gasteiger partial charge in [0.25, 0.3) is 0 Å². The summed E-state index contributed by atoms with van der Waals surface area (Å²) in [5.74, 6) is 0. The number of allylic oxidation sites excluding steroid dienone is 4. The molecule has 1 nitrogen and oxygen atoms in total. The van der Waals surface area contributed by atoms with Gasteiger partial charge in [0.2, 0.25) is 0 Å². The Morgan fingerprint density at radius 2 is 1.73 bits per heavy atom. The van der Waals surface area contributed by atoms with Crippen LogP contribution in [0.25, 0.3) is 0 Å². The molecule has 0 aliphatic heterocycles. The lowest BCUT2D eigenvalue weighted by molar-refractivity contribution is 0.590. The molecule has 0 spiro atoms. The Morgan fingerprint density at radius 3 is 2.09 bits per heavy atom. The Kier molecular flexibility index (Phi) is 3.80. The van der Waals surface area contributed by atoms with Gasteiger partial charge in [-0.3, -0.25) is 0 Å². The molecule has 0 aromatic heterocycles. The molecule has 1 heteroatoms. The topological polar surface area (TPSA) is 23.9 Å². The van der Waals surface area contributed by atoms with Crippen molar-refractivity contribution in [2.24, 2.45) is 5.41 Å². The fourth-order valence-corrected chi connectivity index (χ4v) is 0.513. The summed E-state index contributed by atoms with van der Waals surface area (Å²) in [4.78, 5) is 0. The molecule has 0 amide bonds. The highest BCUT2D eigenvalue weighted by atomic mass is 14.4. The Bertz CT molecular complexity index is 180. The summed E-state index contributed by atoms with van der Waals surface area (Å²) in [6.07, 6.45) is 7.61. The van der Waals surface area contributed by atoms with E-state index in [0.29, 0.717) is 5.71 Å². The van der Waals surface area contributed by atoms with E-state index in [1.165, 1.54) is 0 Å². The first kappa shape index (κ1) is 10.2. The molecule has 0 unspecified atom stereocenters. The van der Waals surface area contributed by atoms with Crippen LogP contribution >= 0.6 is 0 Å². The minimum Gasteiger partial charge on any atom is -0.305 e. The third-order valence-electron chi connectivity index (χ3n) is 1.37. The second kappa shape index (κ2) is 4.12. The van der Waals surface area contributed by atoms with Crippen molar-refractivity contribution < 1.29 is 0 Å². The van der Waals surface area contributed by atoms with Crippen molar-refractivity contribution in [1.82, 2.24) is 0 Å². The van der Waals surface area contributed by atoms with Crippen molar-refractivity contribution in [1.29, 1.82) is 5.41 Å². The van der Waals surface area contributed by atoms with Gasteiger partial charge >= 0.3 is 0 Å². The first-order valence-corrected chi connectivity index (χ1v) is 3.87. The van der Waals surface area contributed by atoms with Crippen LogP contribution in [0.4, 0.5) is 0 Å². The van der Waals surface area contributed by atoms with Gasteiger partial charge in [0, 0.05) is 11.1 Å². The van der Waals surface area contributed by atoms with Crippen LogP contribution < -0.4 is 0 Å². The zero-order chi connectivity index (χ0) is 8.91. The molecule has 1 N–H and O–H groups in total. The van der Waals surface area contributed by atoms with E-state index in [1.54, 1.807) is 0 Å². The summed E-state index contributed by atoms with van der Waals surface area (Å²) in [6, 6.07) is 0. The minimum atomic E-state index is -0.0297. The maximum atomic E-state index is 7.60. The number of hydrogen-bond acceptors (Lipinski definition) is 1. The van der Waals surface area contributed by atoms with Gasteiger partial charge in [0.05, 0.1) is 0 Å². The smallest absolute Gasteiger partial charge is 0.0367 e. The van der Waals surface area contributed by atoms with Crippen molar-refractivity contribution in [2.45, 2.75) is 27.7 Å². The molecular weight excluding hydrogens is 134 g/mol. The van der Waals surface area contributed by atoms with Gasteiger partial charge in [-0.25, -0.2) is 0 Å². The molecule has 0 bridgehead atoms. The van der Waals surface area contributed by atoms with E-state index < -0.39 is 0 Å². The highest BCUT2D eigenvalue weighted by Gasteiger charge is 2.13. The first-order valence-electron chi connectivity index (χ1n) is 3.87. The van der Waals surface area contributed by atoms with Gasteiger partial charge in [-0.2, -0.15) is 0 Å². The van der Waals surface area contributed by atoms with E-state index >= 15 is 0 Å². The van der Waals surface area contributed by atoms with Gasteiger partial charge in [-0.15, -0.1) is 0 Å². The lowest BCUT2D eigenvalue weighted by Gasteiger charge is -2.16. The Hall–Kier alpha value is -0.850. The van der Waals surface area contributed by atoms with E-state index in [1.807, 2.05) is 52.0 Å². The average Bonchev–Trinajstić information content (AvgIpc) is 1.86. The lowest BCUT2D eigenvalue weighted by Crippen LogP contribution is -2.16. The lowest BCUT2D eigenvalue weighted by atomic mass is 9.90. The molecule has 0 heterocycles. The van der Waals surface area contributed by atoms with Crippen molar-refractivity contribution >= 4 is 5.71 Å². The van der Waals surface area contributed by atoms with E-state index in [0.717, 1.165) is 0 Å². The summed E-state index contributed by atoms with van der Waals surface area (Å²) in [5.41, 5.74) is 0.633. The summed E-state index contributed by atoms with van der Waals surface area (Å²) < 4.78 is 0. The van der Waals surface area contributed by atoms with Gasteiger partial charge < -0.3 is 5.41 Å². The van der Waals surface area contributed by atoms with E-state index in [-0.39, 0.29) is 5.41 Å². The predicted octanol–water partition coefficient (Wildman–Crippen LogP) is 3.18. The van der Waals surface area contributed by atoms with Gasteiger partial charge in [0.15, 0.2) is 0 Å². The molecule has 11 heavy (non-hydrogen) atoms. The molecule has 0 fully saturated rings. The average molecular weight is 151 g/mol. The fourth-order valence-electron chi connectivity index (χ4n) is 0.513. The van der Waals surface area contributed by atoms with Crippen molar-refractivity contribution in [2.75, 3.05) is 0 Å². The highest BCUT2D eigenvalue weighted by Crippen LogP contribution is 2.15. The van der Waals surface area contributed by atoms with Crippen LogP contribution in [0.2, 0.25) is 0 Å². The SMILES string of the molecule is CC=CC=CC(=N)C(C)(C)C. The van der Waals surface area contributed by atoms with Crippen LogP contribution in [-0.4, -0.2) is 5.71 Å². The Labute approximate surface area is 69.3 Å². The third-order valence-corrected chi connectivity index (χ3v) is 1.37. The van der Waals surface area contributed by atoms with Crippen molar-refractivity contribution in [3.05, 3.63) is 24.3 Å². The molecule has 0 aliphatic rings. The maximum Gasteiger partial charge on any atom is 0.0367 e. The molecular formula is C10H17N. The molecule has 0 aliphatic carbocycles. The monoisotopic (exact) mass is 151 g/mol. The molecule has 0 aromatic rings. The van der Waals surface area contributed by atoms with Crippen molar-refractivity contribution in [3.8, 4) is 0 Å². The molecule has 0 rings (SSSR count). The first-order chi connectivity index (χ1) is 4.98. The van der Waals surface area contributed by atoms with Crippen LogP contribution in [0.5, 0.6) is 0 Å². The Morgan fingerprint density at radius 1 is 1.18 bits per heavy atom. The van der Waals surface area contributed by atoms with Crippen LogP contribution in [0.3, 0.4) is 0 Å². The van der Waals surface area contributed by atoms with Crippen LogP contribution in [-0.2, 0) is 0 Å². The fraction of sp³-hybridized carbons (Fsp3) is 0.500. The zero-order valence-electron chi connectivity index (χ0n) is 7.81. The summed E-state index contributed by atoms with van der Waals surface area (Å²) in [7, 11) is 0. The van der Waals surface area contributed by atoms with E-state index in [4.69, 9.17) is 5.41 Å². The van der Waals surface area contributed by atoms with Crippen LogP contribution in [0, 0.1) is 10.8 Å². The predicted molar refractivity (Wildman–Crippen MR) is 51.1 cm³/mol. The van der Waals surface area contributed by atoms with E-state index in [2.05, 4.69) is 0 Å². The van der Waals surface area contributed by atoms with Gasteiger partial charge in [-0.1, -0.05) is 39.0 Å². The number of hydrogen-bond donors (Lipinski definition) is 1. The summed E-state index contributed by atoms with van der Waals surface area (Å²) in [5, 5.41) is 7.60. The number of nitrogens with one attached hydrogen (secondary N) is 1. The molecule has 0 aromatic carbocycles.